The van der Waals surface area contributed by atoms with E-state index in [1.54, 1.807) is 0 Å². The van der Waals surface area contributed by atoms with E-state index in [0.717, 1.165) is 12.3 Å². The average Bonchev–Trinajstić information content (AvgIpc) is 2.57. The molecule has 0 spiro atoms. The molecule has 23 heavy (non-hydrogen) atoms. The van der Waals surface area contributed by atoms with Crippen molar-refractivity contribution in [3.05, 3.63) is 0 Å². The van der Waals surface area contributed by atoms with Crippen molar-refractivity contribution in [2.24, 2.45) is 5.92 Å². The molecular formula is C21H42O2. The van der Waals surface area contributed by atoms with Crippen LogP contribution in [-0.4, -0.2) is 13.1 Å². The van der Waals surface area contributed by atoms with Gasteiger partial charge in [0.05, 0.1) is 7.11 Å². The van der Waals surface area contributed by atoms with Crippen molar-refractivity contribution in [1.29, 1.82) is 0 Å². The van der Waals surface area contributed by atoms with Crippen LogP contribution in [0, 0.1) is 5.92 Å². The lowest BCUT2D eigenvalue weighted by Gasteiger charge is -2.07. The molecule has 0 aromatic carbocycles. The Morgan fingerprint density at radius 2 is 1.13 bits per heavy atom. The molecule has 0 N–H and O–H groups in total. The molecule has 138 valence electrons. The van der Waals surface area contributed by atoms with Crippen LogP contribution in [0.1, 0.15) is 117 Å². The Labute approximate surface area is 145 Å². The molecular weight excluding hydrogens is 284 g/mol. The van der Waals surface area contributed by atoms with Gasteiger partial charge in [-0.15, -0.1) is 0 Å². The summed E-state index contributed by atoms with van der Waals surface area (Å²) < 4.78 is 4.64. The van der Waals surface area contributed by atoms with E-state index in [-0.39, 0.29) is 5.97 Å². The highest BCUT2D eigenvalue weighted by atomic mass is 16.5. The Balaban J connectivity index is 3.04. The normalized spacial score (nSPS) is 12.3. The summed E-state index contributed by atoms with van der Waals surface area (Å²) in [5.41, 5.74) is 0. The fourth-order valence-electron chi connectivity index (χ4n) is 3.01. The van der Waals surface area contributed by atoms with Gasteiger partial charge in [-0.2, -0.15) is 0 Å². The van der Waals surface area contributed by atoms with Crippen LogP contribution in [0.15, 0.2) is 0 Å². The minimum atomic E-state index is -0.0649. The number of carbonyl (C=O) groups excluding carboxylic acids is 1. The Morgan fingerprint density at radius 3 is 1.52 bits per heavy atom. The molecule has 0 aromatic rings. The molecule has 0 rings (SSSR count). The summed E-state index contributed by atoms with van der Waals surface area (Å²) in [5, 5.41) is 0. The average molecular weight is 327 g/mol. The summed E-state index contributed by atoms with van der Waals surface area (Å²) in [5.74, 6) is 0.861. The van der Waals surface area contributed by atoms with Gasteiger partial charge in [0.1, 0.15) is 0 Å². The highest BCUT2D eigenvalue weighted by Gasteiger charge is 2.00. The summed E-state index contributed by atoms with van der Waals surface area (Å²) in [4.78, 5) is 11.0. The smallest absolute Gasteiger partial charge is 0.305 e. The third kappa shape index (κ3) is 17.7. The van der Waals surface area contributed by atoms with Gasteiger partial charge in [-0.25, -0.2) is 0 Å². The van der Waals surface area contributed by atoms with Gasteiger partial charge >= 0.3 is 5.97 Å². The molecule has 0 aliphatic heterocycles. The van der Waals surface area contributed by atoms with Gasteiger partial charge in [0.25, 0.3) is 0 Å². The van der Waals surface area contributed by atoms with E-state index in [0.29, 0.717) is 6.42 Å². The molecule has 2 heteroatoms. The summed E-state index contributed by atoms with van der Waals surface area (Å²) in [6.45, 7) is 4.67. The number of esters is 1. The fraction of sp³-hybridized carbons (Fsp3) is 0.952. The number of hydrogen-bond donors (Lipinski definition) is 0. The van der Waals surface area contributed by atoms with Crippen molar-refractivity contribution in [2.45, 2.75) is 117 Å². The Bertz CT molecular complexity index is 250. The molecule has 1 unspecified atom stereocenters. The van der Waals surface area contributed by atoms with Crippen LogP contribution in [0.5, 0.6) is 0 Å². The second-order valence-corrected chi connectivity index (χ2v) is 7.22. The first kappa shape index (κ1) is 22.5. The van der Waals surface area contributed by atoms with E-state index < -0.39 is 0 Å². The molecule has 0 bridgehead atoms. The molecule has 0 saturated carbocycles. The van der Waals surface area contributed by atoms with Crippen LogP contribution in [0.3, 0.4) is 0 Å². The van der Waals surface area contributed by atoms with Gasteiger partial charge in [-0.05, 0) is 12.3 Å². The number of methoxy groups -OCH3 is 1. The van der Waals surface area contributed by atoms with Crippen molar-refractivity contribution in [3.63, 3.8) is 0 Å². The van der Waals surface area contributed by atoms with Crippen LogP contribution < -0.4 is 0 Å². The number of carbonyl (C=O) groups is 1. The minimum absolute atomic E-state index is 0.0649. The van der Waals surface area contributed by atoms with E-state index >= 15 is 0 Å². The zero-order valence-electron chi connectivity index (χ0n) is 16.2. The van der Waals surface area contributed by atoms with E-state index in [1.807, 2.05) is 0 Å². The number of hydrogen-bond acceptors (Lipinski definition) is 2. The Hall–Kier alpha value is -0.530. The number of unbranched alkanes of at least 4 members (excludes halogenated alkanes) is 12. The molecule has 1 atom stereocenters. The number of rotatable bonds is 17. The SMILES string of the molecule is CCC(C)CCCCCCCCCCCCCCCC(=O)OC. The van der Waals surface area contributed by atoms with Crippen molar-refractivity contribution in [2.75, 3.05) is 7.11 Å². The molecule has 0 aromatic heterocycles. The van der Waals surface area contributed by atoms with Crippen LogP contribution in [0.25, 0.3) is 0 Å². The molecule has 2 nitrogen and oxygen atoms in total. The quantitative estimate of drug-likeness (QED) is 0.211. The van der Waals surface area contributed by atoms with Crippen molar-refractivity contribution in [3.8, 4) is 0 Å². The monoisotopic (exact) mass is 326 g/mol. The van der Waals surface area contributed by atoms with Gasteiger partial charge < -0.3 is 4.74 Å². The third-order valence-corrected chi connectivity index (χ3v) is 5.00. The maximum atomic E-state index is 11.0. The number of ether oxygens (including phenoxy) is 1. The van der Waals surface area contributed by atoms with Gasteiger partial charge in [0.15, 0.2) is 0 Å². The summed E-state index contributed by atoms with van der Waals surface area (Å²) in [6.07, 6.45) is 20.9. The zero-order chi connectivity index (χ0) is 17.2. The van der Waals surface area contributed by atoms with Gasteiger partial charge in [-0.3, -0.25) is 4.79 Å². The molecule has 0 fully saturated rings. The standard InChI is InChI=1S/C21H42O2/c1-4-20(2)18-16-14-12-10-8-6-5-7-9-11-13-15-17-19-21(22)23-3/h20H,4-19H2,1-3H3. The van der Waals surface area contributed by atoms with Gasteiger partial charge in [0, 0.05) is 6.42 Å². The molecule has 0 heterocycles. The van der Waals surface area contributed by atoms with Crippen LogP contribution in [-0.2, 0) is 9.53 Å². The predicted octanol–water partition coefficient (Wildman–Crippen LogP) is 7.06. The Kier molecular flexibility index (Phi) is 17.4. The lowest BCUT2D eigenvalue weighted by molar-refractivity contribution is -0.140. The predicted molar refractivity (Wildman–Crippen MR) is 101 cm³/mol. The van der Waals surface area contributed by atoms with E-state index in [1.165, 1.54) is 97.0 Å². The second kappa shape index (κ2) is 17.8. The summed E-state index contributed by atoms with van der Waals surface area (Å²) in [6, 6.07) is 0. The van der Waals surface area contributed by atoms with E-state index in [9.17, 15) is 4.79 Å². The summed E-state index contributed by atoms with van der Waals surface area (Å²) >= 11 is 0. The van der Waals surface area contributed by atoms with Crippen molar-refractivity contribution < 1.29 is 9.53 Å². The minimum Gasteiger partial charge on any atom is -0.469 e. The van der Waals surface area contributed by atoms with E-state index in [2.05, 4.69) is 18.6 Å². The molecule has 0 amide bonds. The lowest BCUT2D eigenvalue weighted by atomic mass is 9.99. The van der Waals surface area contributed by atoms with Crippen LogP contribution in [0.2, 0.25) is 0 Å². The van der Waals surface area contributed by atoms with Crippen LogP contribution >= 0.6 is 0 Å². The lowest BCUT2D eigenvalue weighted by Crippen LogP contribution is -1.99. The topological polar surface area (TPSA) is 26.3 Å². The highest BCUT2D eigenvalue weighted by Crippen LogP contribution is 2.15. The maximum Gasteiger partial charge on any atom is 0.305 e. The van der Waals surface area contributed by atoms with E-state index in [4.69, 9.17) is 0 Å². The zero-order valence-corrected chi connectivity index (χ0v) is 16.2. The maximum absolute atomic E-state index is 11.0. The van der Waals surface area contributed by atoms with Crippen molar-refractivity contribution >= 4 is 5.97 Å². The molecule has 0 aliphatic carbocycles. The van der Waals surface area contributed by atoms with Gasteiger partial charge in [-0.1, -0.05) is 104 Å². The van der Waals surface area contributed by atoms with Gasteiger partial charge in [0.2, 0.25) is 0 Å². The molecule has 0 aliphatic rings. The Morgan fingerprint density at radius 1 is 0.739 bits per heavy atom. The van der Waals surface area contributed by atoms with Crippen LogP contribution in [0.4, 0.5) is 0 Å². The first-order chi connectivity index (χ1) is 11.2. The fourth-order valence-corrected chi connectivity index (χ4v) is 3.01. The summed E-state index contributed by atoms with van der Waals surface area (Å²) in [7, 11) is 1.47. The third-order valence-electron chi connectivity index (χ3n) is 5.00. The first-order valence-electron chi connectivity index (χ1n) is 10.3. The molecule has 0 saturated heterocycles. The first-order valence-corrected chi connectivity index (χ1v) is 10.3. The largest absolute Gasteiger partial charge is 0.469 e. The second-order valence-electron chi connectivity index (χ2n) is 7.22. The van der Waals surface area contributed by atoms with Crippen molar-refractivity contribution in [1.82, 2.24) is 0 Å². The highest BCUT2D eigenvalue weighted by molar-refractivity contribution is 5.68. The molecule has 0 radical (unpaired) electrons.